The molecule has 0 saturated carbocycles. The molecular formula is C18H16ClN3O2. The molecule has 24 heavy (non-hydrogen) atoms. The largest absolute Gasteiger partial charge is 0.472 e. The van der Waals surface area contributed by atoms with E-state index >= 15 is 0 Å². The molecule has 122 valence electrons. The van der Waals surface area contributed by atoms with Gasteiger partial charge in [-0.25, -0.2) is 5.10 Å². The average Bonchev–Trinajstić information content (AvgIpc) is 3.27. The standard InChI is InChI=1S/C18H16ClN3O2/c19-14-3-1-13(2-4-14)17-16(12-5-8-20-9-6-12)18(22-21-17)24-15-7-10-23-11-15/h1-6,8-9,15H,7,10-11H2,(H,21,22). The Morgan fingerprint density at radius 2 is 1.88 bits per heavy atom. The predicted molar refractivity (Wildman–Crippen MR) is 92.1 cm³/mol. The minimum absolute atomic E-state index is 0.0455. The highest BCUT2D eigenvalue weighted by Crippen LogP contribution is 2.38. The lowest BCUT2D eigenvalue weighted by Crippen LogP contribution is -2.16. The molecule has 6 heteroatoms. The minimum Gasteiger partial charge on any atom is -0.472 e. The fourth-order valence-corrected chi connectivity index (χ4v) is 2.91. The number of hydrogen-bond donors (Lipinski definition) is 1. The van der Waals surface area contributed by atoms with Gasteiger partial charge in [-0.1, -0.05) is 23.7 Å². The molecule has 3 heterocycles. The van der Waals surface area contributed by atoms with Crippen LogP contribution in [0.2, 0.25) is 5.02 Å². The van der Waals surface area contributed by atoms with Crippen molar-refractivity contribution in [1.82, 2.24) is 15.2 Å². The van der Waals surface area contributed by atoms with E-state index in [2.05, 4.69) is 15.2 Å². The van der Waals surface area contributed by atoms with Crippen LogP contribution in [-0.4, -0.2) is 34.5 Å². The highest BCUT2D eigenvalue weighted by Gasteiger charge is 2.23. The van der Waals surface area contributed by atoms with Gasteiger partial charge in [-0.15, -0.1) is 0 Å². The first-order chi connectivity index (χ1) is 11.8. The number of aromatic nitrogens is 3. The lowest BCUT2D eigenvalue weighted by molar-refractivity contribution is 0.138. The van der Waals surface area contributed by atoms with Gasteiger partial charge in [0.05, 0.1) is 18.8 Å². The Morgan fingerprint density at radius 1 is 1.08 bits per heavy atom. The molecule has 1 aliphatic heterocycles. The van der Waals surface area contributed by atoms with Gasteiger partial charge in [0, 0.05) is 29.4 Å². The molecule has 0 amide bonds. The molecule has 1 fully saturated rings. The zero-order valence-corrected chi connectivity index (χ0v) is 13.7. The molecule has 1 aromatic carbocycles. The molecule has 0 spiro atoms. The van der Waals surface area contributed by atoms with Crippen LogP contribution in [0.3, 0.4) is 0 Å². The van der Waals surface area contributed by atoms with Crippen molar-refractivity contribution in [1.29, 1.82) is 0 Å². The molecule has 0 aliphatic carbocycles. The summed E-state index contributed by atoms with van der Waals surface area (Å²) in [6.45, 7) is 1.33. The Labute approximate surface area is 144 Å². The van der Waals surface area contributed by atoms with E-state index in [4.69, 9.17) is 21.1 Å². The number of hydrogen-bond acceptors (Lipinski definition) is 4. The number of pyridine rings is 1. The molecule has 2 aromatic heterocycles. The van der Waals surface area contributed by atoms with E-state index in [-0.39, 0.29) is 6.10 Å². The van der Waals surface area contributed by atoms with Crippen molar-refractivity contribution < 1.29 is 9.47 Å². The van der Waals surface area contributed by atoms with Gasteiger partial charge >= 0.3 is 0 Å². The summed E-state index contributed by atoms with van der Waals surface area (Å²) in [6.07, 6.45) is 4.45. The van der Waals surface area contributed by atoms with Crippen molar-refractivity contribution in [2.24, 2.45) is 0 Å². The topological polar surface area (TPSA) is 60.0 Å². The third-order valence-corrected chi connectivity index (χ3v) is 4.24. The minimum atomic E-state index is 0.0455. The monoisotopic (exact) mass is 341 g/mol. The molecule has 0 radical (unpaired) electrons. The van der Waals surface area contributed by atoms with Crippen molar-refractivity contribution in [3.05, 3.63) is 53.8 Å². The van der Waals surface area contributed by atoms with Crippen LogP contribution >= 0.6 is 11.6 Å². The summed E-state index contributed by atoms with van der Waals surface area (Å²) in [7, 11) is 0. The van der Waals surface area contributed by atoms with Crippen molar-refractivity contribution >= 4 is 11.6 Å². The molecule has 3 aromatic rings. The summed E-state index contributed by atoms with van der Waals surface area (Å²) in [5.74, 6) is 0.654. The van der Waals surface area contributed by atoms with Gasteiger partial charge in [0.15, 0.2) is 0 Å². The van der Waals surface area contributed by atoms with E-state index < -0.39 is 0 Å². The highest BCUT2D eigenvalue weighted by molar-refractivity contribution is 6.30. The number of rotatable bonds is 4. The number of H-pyrrole nitrogens is 1. The summed E-state index contributed by atoms with van der Waals surface area (Å²) >= 11 is 6.00. The molecule has 1 N–H and O–H groups in total. The lowest BCUT2D eigenvalue weighted by atomic mass is 10.0. The second kappa shape index (κ2) is 6.63. The van der Waals surface area contributed by atoms with E-state index in [1.807, 2.05) is 36.4 Å². The van der Waals surface area contributed by atoms with Crippen molar-refractivity contribution in [2.75, 3.05) is 13.2 Å². The Kier molecular flexibility index (Phi) is 4.19. The highest BCUT2D eigenvalue weighted by atomic mass is 35.5. The first-order valence-corrected chi connectivity index (χ1v) is 8.18. The van der Waals surface area contributed by atoms with Crippen LogP contribution in [0.5, 0.6) is 5.88 Å². The number of benzene rings is 1. The lowest BCUT2D eigenvalue weighted by Gasteiger charge is -2.12. The number of nitrogens with zero attached hydrogens (tertiary/aromatic N) is 2. The summed E-state index contributed by atoms with van der Waals surface area (Å²) in [5.41, 5.74) is 3.72. The molecule has 1 atom stereocenters. The fourth-order valence-electron chi connectivity index (χ4n) is 2.79. The van der Waals surface area contributed by atoms with Crippen molar-refractivity contribution in [2.45, 2.75) is 12.5 Å². The Morgan fingerprint density at radius 3 is 2.58 bits per heavy atom. The van der Waals surface area contributed by atoms with E-state index in [9.17, 15) is 0 Å². The van der Waals surface area contributed by atoms with Crippen LogP contribution in [0.4, 0.5) is 0 Å². The third kappa shape index (κ3) is 3.00. The van der Waals surface area contributed by atoms with Gasteiger partial charge in [0.1, 0.15) is 11.8 Å². The molecule has 1 unspecified atom stereocenters. The van der Waals surface area contributed by atoms with Crippen LogP contribution in [0.15, 0.2) is 48.8 Å². The summed E-state index contributed by atoms with van der Waals surface area (Å²) in [4.78, 5) is 4.09. The quantitative estimate of drug-likeness (QED) is 0.780. The van der Waals surface area contributed by atoms with Crippen LogP contribution in [-0.2, 0) is 4.74 Å². The van der Waals surface area contributed by atoms with E-state index in [1.54, 1.807) is 12.4 Å². The second-order valence-electron chi connectivity index (χ2n) is 5.62. The normalized spacial score (nSPS) is 17.1. The molecule has 5 nitrogen and oxygen atoms in total. The molecular weight excluding hydrogens is 326 g/mol. The summed E-state index contributed by atoms with van der Waals surface area (Å²) in [5, 5.41) is 8.21. The van der Waals surface area contributed by atoms with Gasteiger partial charge in [0.2, 0.25) is 5.88 Å². The van der Waals surface area contributed by atoms with Crippen molar-refractivity contribution in [3.8, 4) is 28.3 Å². The SMILES string of the molecule is Clc1ccc(-c2n[nH]c(OC3CCOC3)c2-c2ccncc2)cc1. The zero-order chi connectivity index (χ0) is 16.4. The second-order valence-corrected chi connectivity index (χ2v) is 6.06. The van der Waals surface area contributed by atoms with Gasteiger partial charge in [-0.3, -0.25) is 4.98 Å². The number of nitrogens with one attached hydrogen (secondary N) is 1. The molecule has 1 aliphatic rings. The zero-order valence-electron chi connectivity index (χ0n) is 12.9. The Balaban J connectivity index is 1.78. The molecule has 4 rings (SSSR count). The Hall–Kier alpha value is -2.37. The molecule has 1 saturated heterocycles. The van der Waals surface area contributed by atoms with Crippen LogP contribution in [0, 0.1) is 0 Å². The number of halogens is 1. The van der Waals surface area contributed by atoms with Crippen molar-refractivity contribution in [3.63, 3.8) is 0 Å². The van der Waals surface area contributed by atoms with E-state index in [1.165, 1.54) is 0 Å². The number of ether oxygens (including phenoxy) is 2. The maximum atomic E-state index is 6.10. The van der Waals surface area contributed by atoms with E-state index in [0.29, 0.717) is 17.5 Å². The van der Waals surface area contributed by atoms with Gasteiger partial charge in [0.25, 0.3) is 0 Å². The number of aromatic amines is 1. The molecule has 0 bridgehead atoms. The average molecular weight is 342 g/mol. The maximum absolute atomic E-state index is 6.10. The first-order valence-electron chi connectivity index (χ1n) is 7.80. The van der Waals surface area contributed by atoms with Crippen LogP contribution < -0.4 is 4.74 Å². The smallest absolute Gasteiger partial charge is 0.218 e. The Bertz CT molecular complexity index is 812. The van der Waals surface area contributed by atoms with Gasteiger partial charge in [-0.2, -0.15) is 5.10 Å². The van der Waals surface area contributed by atoms with E-state index in [0.717, 1.165) is 35.4 Å². The first kappa shape index (κ1) is 15.2. The third-order valence-electron chi connectivity index (χ3n) is 3.99. The summed E-state index contributed by atoms with van der Waals surface area (Å²) in [6, 6.07) is 11.5. The fraction of sp³-hybridized carbons (Fsp3) is 0.222. The predicted octanol–water partition coefficient (Wildman–Crippen LogP) is 3.96. The summed E-state index contributed by atoms with van der Waals surface area (Å²) < 4.78 is 11.5. The van der Waals surface area contributed by atoms with Crippen LogP contribution in [0.1, 0.15) is 6.42 Å². The van der Waals surface area contributed by atoms with Gasteiger partial charge < -0.3 is 9.47 Å². The maximum Gasteiger partial charge on any atom is 0.218 e. The van der Waals surface area contributed by atoms with Gasteiger partial charge in [-0.05, 0) is 29.8 Å². The van der Waals surface area contributed by atoms with Crippen LogP contribution in [0.25, 0.3) is 22.4 Å².